The van der Waals surface area contributed by atoms with Crippen LogP contribution < -0.4 is 20.1 Å². The second-order valence-corrected chi connectivity index (χ2v) is 9.21. The van der Waals surface area contributed by atoms with E-state index in [2.05, 4.69) is 9.88 Å². The molecule has 2 aliphatic rings. The van der Waals surface area contributed by atoms with Crippen LogP contribution in [0.25, 0.3) is 0 Å². The van der Waals surface area contributed by atoms with Gasteiger partial charge in [0.15, 0.2) is 0 Å². The maximum absolute atomic E-state index is 13.4. The van der Waals surface area contributed by atoms with Crippen LogP contribution >= 0.6 is 0 Å². The van der Waals surface area contributed by atoms with Gasteiger partial charge in [-0.25, -0.2) is 9.37 Å². The average Bonchev–Trinajstić information content (AvgIpc) is 3.45. The molecule has 190 valence electrons. The van der Waals surface area contributed by atoms with Crippen molar-refractivity contribution >= 4 is 17.5 Å². The van der Waals surface area contributed by atoms with Gasteiger partial charge in [-0.05, 0) is 55.5 Å². The first-order valence-electron chi connectivity index (χ1n) is 12.1. The van der Waals surface area contributed by atoms with Crippen molar-refractivity contribution in [1.82, 2.24) is 9.88 Å². The number of nitrogens with two attached hydrogens (primary N) is 1. The Labute approximate surface area is 214 Å². The summed E-state index contributed by atoms with van der Waals surface area (Å²) in [6.45, 7) is 4.83. The lowest BCUT2D eigenvalue weighted by molar-refractivity contribution is -0.125. The largest absolute Gasteiger partial charge is 0.457 e. The van der Waals surface area contributed by atoms with Crippen molar-refractivity contribution in [2.75, 3.05) is 31.1 Å². The number of pyridine rings is 1. The van der Waals surface area contributed by atoms with Crippen molar-refractivity contribution in [2.24, 2.45) is 17.6 Å². The van der Waals surface area contributed by atoms with E-state index in [4.69, 9.17) is 15.2 Å². The summed E-state index contributed by atoms with van der Waals surface area (Å²) in [4.78, 5) is 32.9. The molecule has 2 atom stereocenters. The van der Waals surface area contributed by atoms with Gasteiger partial charge in [-0.2, -0.15) is 0 Å². The number of carbonyl (C=O) groups excluding carboxylic acids is 2. The van der Waals surface area contributed by atoms with E-state index in [0.29, 0.717) is 29.1 Å². The normalized spacial score (nSPS) is 18.8. The van der Waals surface area contributed by atoms with Crippen LogP contribution in [-0.4, -0.2) is 47.9 Å². The van der Waals surface area contributed by atoms with Crippen LogP contribution in [0.15, 0.2) is 72.9 Å². The quantitative estimate of drug-likeness (QED) is 0.482. The van der Waals surface area contributed by atoms with Crippen molar-refractivity contribution in [1.29, 1.82) is 0 Å². The van der Waals surface area contributed by atoms with E-state index in [1.807, 2.05) is 11.8 Å². The van der Waals surface area contributed by atoms with Gasteiger partial charge in [0, 0.05) is 44.1 Å². The lowest BCUT2D eigenvalue weighted by Gasteiger charge is -2.23. The zero-order chi connectivity index (χ0) is 25.9. The SMILES string of the molecule is CC=CC(=O)N1CC2CN(c3cnc(Oc4ccc(Oc5cccc(F)c5)cc4)c(C(N)=O)c3)CC2C1. The predicted octanol–water partition coefficient (Wildman–Crippen LogP) is 4.37. The van der Waals surface area contributed by atoms with Gasteiger partial charge in [0.2, 0.25) is 11.8 Å². The van der Waals surface area contributed by atoms with E-state index in [-0.39, 0.29) is 23.2 Å². The molecule has 2 saturated heterocycles. The summed E-state index contributed by atoms with van der Waals surface area (Å²) >= 11 is 0. The van der Waals surface area contributed by atoms with E-state index in [9.17, 15) is 14.0 Å². The zero-order valence-corrected chi connectivity index (χ0v) is 20.3. The van der Waals surface area contributed by atoms with E-state index in [1.165, 1.54) is 12.1 Å². The van der Waals surface area contributed by atoms with Gasteiger partial charge >= 0.3 is 0 Å². The monoisotopic (exact) mass is 502 g/mol. The first kappa shape index (κ1) is 24.3. The van der Waals surface area contributed by atoms with E-state index < -0.39 is 5.91 Å². The summed E-state index contributed by atoms with van der Waals surface area (Å²) < 4.78 is 24.9. The topological polar surface area (TPSA) is 98.0 Å². The van der Waals surface area contributed by atoms with Crippen molar-refractivity contribution < 1.29 is 23.5 Å². The molecule has 2 unspecified atom stereocenters. The molecule has 9 heteroatoms. The van der Waals surface area contributed by atoms with Crippen molar-refractivity contribution in [3.63, 3.8) is 0 Å². The molecule has 5 rings (SSSR count). The van der Waals surface area contributed by atoms with Gasteiger partial charge in [0.05, 0.1) is 11.9 Å². The summed E-state index contributed by atoms with van der Waals surface area (Å²) in [5, 5.41) is 0. The molecule has 8 nitrogen and oxygen atoms in total. The molecule has 0 spiro atoms. The standard InChI is InChI=1S/C28H27FN4O4/c1-2-4-26(34)33-16-18-14-32(15-19(18)17-33)21-12-25(27(30)35)28(31-13-21)37-23-9-7-22(8-10-23)36-24-6-3-5-20(29)11-24/h2-13,18-19H,14-17H2,1H3,(H2,30,35). The number of aromatic nitrogens is 1. The molecule has 0 radical (unpaired) electrons. The Bertz CT molecular complexity index is 1330. The van der Waals surface area contributed by atoms with Gasteiger partial charge in [-0.15, -0.1) is 0 Å². The van der Waals surface area contributed by atoms with Crippen LogP contribution in [0.3, 0.4) is 0 Å². The highest BCUT2D eigenvalue weighted by molar-refractivity contribution is 5.96. The van der Waals surface area contributed by atoms with Gasteiger partial charge in [0.25, 0.3) is 5.91 Å². The second kappa shape index (κ2) is 10.3. The molecule has 37 heavy (non-hydrogen) atoms. The van der Waals surface area contributed by atoms with Gasteiger partial charge in [0.1, 0.15) is 28.6 Å². The third-order valence-electron chi connectivity index (χ3n) is 6.64. The summed E-state index contributed by atoms with van der Waals surface area (Å²) in [5.41, 5.74) is 6.62. The third-order valence-corrected chi connectivity index (χ3v) is 6.64. The summed E-state index contributed by atoms with van der Waals surface area (Å²) in [5.74, 6) is 1.20. The summed E-state index contributed by atoms with van der Waals surface area (Å²) in [6, 6.07) is 14.2. The number of hydrogen-bond acceptors (Lipinski definition) is 6. The molecule has 2 aromatic carbocycles. The molecular formula is C28H27FN4O4. The number of nitrogens with zero attached hydrogens (tertiary/aromatic N) is 3. The fourth-order valence-electron chi connectivity index (χ4n) is 4.86. The maximum atomic E-state index is 13.4. The lowest BCUT2D eigenvalue weighted by Crippen LogP contribution is -2.32. The van der Waals surface area contributed by atoms with Crippen molar-refractivity contribution in [3.05, 3.63) is 84.3 Å². The number of hydrogen-bond donors (Lipinski definition) is 1. The number of ether oxygens (including phenoxy) is 2. The number of halogens is 1. The molecular weight excluding hydrogens is 475 g/mol. The number of allylic oxidation sites excluding steroid dienone is 1. The summed E-state index contributed by atoms with van der Waals surface area (Å²) in [7, 11) is 0. The van der Waals surface area contributed by atoms with E-state index in [1.54, 1.807) is 60.8 Å². The Morgan fingerprint density at radius 3 is 2.27 bits per heavy atom. The van der Waals surface area contributed by atoms with Gasteiger partial charge in [-0.3, -0.25) is 9.59 Å². The van der Waals surface area contributed by atoms with Crippen molar-refractivity contribution in [2.45, 2.75) is 6.92 Å². The lowest BCUT2D eigenvalue weighted by atomic mass is 10.0. The molecule has 0 saturated carbocycles. The summed E-state index contributed by atoms with van der Waals surface area (Å²) in [6.07, 6.45) is 5.04. The highest BCUT2D eigenvalue weighted by Gasteiger charge is 2.41. The Kier molecular flexibility index (Phi) is 6.76. The van der Waals surface area contributed by atoms with Crippen LogP contribution in [0.4, 0.5) is 10.1 Å². The number of fused-ring (bicyclic) bond motifs is 1. The second-order valence-electron chi connectivity index (χ2n) is 9.21. The molecule has 2 aliphatic heterocycles. The Morgan fingerprint density at radius 1 is 0.973 bits per heavy atom. The highest BCUT2D eigenvalue weighted by Crippen LogP contribution is 2.36. The highest BCUT2D eigenvalue weighted by atomic mass is 19.1. The zero-order valence-electron chi connectivity index (χ0n) is 20.3. The molecule has 0 aliphatic carbocycles. The smallest absolute Gasteiger partial charge is 0.254 e. The molecule has 0 bridgehead atoms. The number of carbonyl (C=O) groups is 2. The van der Waals surface area contributed by atoms with Crippen LogP contribution in [0.2, 0.25) is 0 Å². The molecule has 2 amide bonds. The first-order chi connectivity index (χ1) is 17.9. The minimum absolute atomic E-state index is 0.0520. The molecule has 1 aromatic heterocycles. The minimum Gasteiger partial charge on any atom is -0.457 e. The minimum atomic E-state index is -0.641. The Morgan fingerprint density at radius 2 is 1.65 bits per heavy atom. The number of amides is 2. The van der Waals surface area contributed by atoms with Crippen molar-refractivity contribution in [3.8, 4) is 23.1 Å². The van der Waals surface area contributed by atoms with Crippen LogP contribution in [-0.2, 0) is 4.79 Å². The number of benzene rings is 2. The number of anilines is 1. The average molecular weight is 503 g/mol. The Balaban J connectivity index is 1.25. The fourth-order valence-corrected chi connectivity index (χ4v) is 4.86. The van der Waals surface area contributed by atoms with E-state index in [0.717, 1.165) is 31.9 Å². The third kappa shape index (κ3) is 5.40. The van der Waals surface area contributed by atoms with Gasteiger partial charge in [-0.1, -0.05) is 12.1 Å². The number of primary amides is 1. The fraction of sp³-hybridized carbons (Fsp3) is 0.250. The number of likely N-dealkylation sites (tertiary alicyclic amines) is 1. The van der Waals surface area contributed by atoms with Crippen LogP contribution in [0, 0.1) is 17.7 Å². The Hall–Kier alpha value is -4.40. The van der Waals surface area contributed by atoms with Crippen LogP contribution in [0.5, 0.6) is 23.1 Å². The predicted molar refractivity (Wildman–Crippen MR) is 136 cm³/mol. The van der Waals surface area contributed by atoms with Gasteiger partial charge < -0.3 is 25.0 Å². The van der Waals surface area contributed by atoms with Crippen LogP contribution in [0.1, 0.15) is 17.3 Å². The molecule has 2 N–H and O–H groups in total. The molecule has 3 aromatic rings. The molecule has 2 fully saturated rings. The van der Waals surface area contributed by atoms with E-state index >= 15 is 0 Å². The number of rotatable bonds is 7. The first-order valence-corrected chi connectivity index (χ1v) is 12.1. The molecule has 3 heterocycles. The maximum Gasteiger partial charge on any atom is 0.254 e.